The van der Waals surface area contributed by atoms with Gasteiger partial charge in [-0.25, -0.2) is 14.5 Å². The Kier molecular flexibility index (Phi) is 7.37. The Morgan fingerprint density at radius 2 is 1.83 bits per heavy atom. The van der Waals surface area contributed by atoms with Crippen molar-refractivity contribution in [2.75, 3.05) is 36.9 Å². The molecule has 7 rings (SSSR count). The Bertz CT molecular complexity index is 1760. The lowest BCUT2D eigenvalue weighted by molar-refractivity contribution is 0.0845. The lowest BCUT2D eigenvalue weighted by Gasteiger charge is -2.22. The van der Waals surface area contributed by atoms with Crippen molar-refractivity contribution >= 4 is 39.7 Å². The minimum atomic E-state index is -0.192. The van der Waals surface area contributed by atoms with Gasteiger partial charge in [-0.15, -0.1) is 11.3 Å². The number of pyridine rings is 2. The summed E-state index contributed by atoms with van der Waals surface area (Å²) >= 11 is 1.39. The van der Waals surface area contributed by atoms with Gasteiger partial charge in [-0.3, -0.25) is 9.78 Å². The molecule has 0 radical (unpaired) electrons. The predicted octanol–water partition coefficient (Wildman–Crippen LogP) is 5.02. The van der Waals surface area contributed by atoms with Crippen LogP contribution in [0, 0.1) is 6.92 Å². The number of hydrogen-bond donors (Lipinski definition) is 3. The number of anilines is 3. The van der Waals surface area contributed by atoms with E-state index in [4.69, 9.17) is 14.7 Å². The molecule has 0 saturated carbocycles. The van der Waals surface area contributed by atoms with Gasteiger partial charge in [0.15, 0.2) is 10.8 Å². The SMILES string of the molecule is Cc1cc(C2CCOCC2)ncc1-c1cc2cnc(Nc3ccc(NC4CCNC4)cc3)nc2n(-c2nccs2)c1=O. The highest BCUT2D eigenvalue weighted by Crippen LogP contribution is 2.30. The highest BCUT2D eigenvalue weighted by atomic mass is 32.1. The van der Waals surface area contributed by atoms with Crippen LogP contribution in [0.5, 0.6) is 0 Å². The molecule has 3 N–H and O–H groups in total. The van der Waals surface area contributed by atoms with Crippen LogP contribution in [0.2, 0.25) is 0 Å². The maximum atomic E-state index is 14.1. The summed E-state index contributed by atoms with van der Waals surface area (Å²) in [5, 5.41) is 13.4. The van der Waals surface area contributed by atoms with Crippen LogP contribution >= 0.6 is 11.3 Å². The molecular weight excluding hydrogens is 548 g/mol. The zero-order valence-corrected chi connectivity index (χ0v) is 24.2. The summed E-state index contributed by atoms with van der Waals surface area (Å²) in [4.78, 5) is 32.7. The largest absolute Gasteiger partial charge is 0.381 e. The molecule has 0 amide bonds. The molecule has 5 aromatic rings. The second-order valence-corrected chi connectivity index (χ2v) is 11.7. The van der Waals surface area contributed by atoms with E-state index in [0.717, 1.165) is 79.1 Å². The van der Waals surface area contributed by atoms with Crippen LogP contribution < -0.4 is 21.5 Å². The third-order valence-electron chi connectivity index (χ3n) is 7.99. The van der Waals surface area contributed by atoms with E-state index in [0.29, 0.717) is 34.3 Å². The topological polar surface area (TPSA) is 119 Å². The molecule has 214 valence electrons. The number of aryl methyl sites for hydroxylation is 1. The Morgan fingerprint density at radius 1 is 1.00 bits per heavy atom. The number of nitrogens with one attached hydrogen (secondary N) is 3. The normalized spacial score (nSPS) is 17.5. The molecule has 6 heterocycles. The second-order valence-electron chi connectivity index (χ2n) is 10.8. The van der Waals surface area contributed by atoms with E-state index in [1.54, 1.807) is 17.0 Å². The van der Waals surface area contributed by atoms with Crippen molar-refractivity contribution in [1.82, 2.24) is 29.8 Å². The van der Waals surface area contributed by atoms with Crippen molar-refractivity contribution in [1.29, 1.82) is 0 Å². The fraction of sp³-hybridized carbons (Fsp3) is 0.323. The maximum absolute atomic E-state index is 14.1. The van der Waals surface area contributed by atoms with Gasteiger partial charge in [0.2, 0.25) is 5.95 Å². The van der Waals surface area contributed by atoms with Crippen LogP contribution in [0.15, 0.2) is 65.2 Å². The summed E-state index contributed by atoms with van der Waals surface area (Å²) < 4.78 is 7.10. The fourth-order valence-corrected chi connectivity index (χ4v) is 6.36. The predicted molar refractivity (Wildman–Crippen MR) is 166 cm³/mol. The molecule has 4 aromatic heterocycles. The monoisotopic (exact) mass is 580 g/mol. The molecule has 1 atom stereocenters. The number of aromatic nitrogens is 5. The number of hydrogen-bond acceptors (Lipinski definition) is 10. The molecule has 0 spiro atoms. The van der Waals surface area contributed by atoms with Gasteiger partial charge in [-0.2, -0.15) is 4.98 Å². The standard InChI is InChI=1S/C31H32N8O2S/c1-19-14-27(20-7-11-41-12-8-20)34-18-26(19)25-15-21-16-35-30(38-28(21)39(29(25)40)31-33-10-13-42-31)37-23-4-2-22(3-5-23)36-24-6-9-32-17-24/h2-5,10,13-16,18,20,24,32,36H,6-9,11-12,17H2,1H3,(H,35,37,38). The molecule has 2 fully saturated rings. The average molecular weight is 581 g/mol. The van der Waals surface area contributed by atoms with Gasteiger partial charge >= 0.3 is 0 Å². The molecule has 0 bridgehead atoms. The number of rotatable bonds is 7. The Hall–Kier alpha value is -4.19. The van der Waals surface area contributed by atoms with Crippen molar-refractivity contribution in [3.05, 3.63) is 82.0 Å². The molecule has 2 aliphatic rings. The van der Waals surface area contributed by atoms with Crippen molar-refractivity contribution in [2.24, 2.45) is 0 Å². The van der Waals surface area contributed by atoms with Crippen molar-refractivity contribution in [3.8, 4) is 16.3 Å². The first-order valence-electron chi connectivity index (χ1n) is 14.3. The first-order chi connectivity index (χ1) is 20.6. The number of fused-ring (bicyclic) bond motifs is 1. The highest BCUT2D eigenvalue weighted by Gasteiger charge is 2.21. The summed E-state index contributed by atoms with van der Waals surface area (Å²) in [7, 11) is 0. The van der Waals surface area contributed by atoms with Crippen LogP contribution in [0.4, 0.5) is 17.3 Å². The van der Waals surface area contributed by atoms with Crippen LogP contribution in [0.3, 0.4) is 0 Å². The van der Waals surface area contributed by atoms with Crippen molar-refractivity contribution in [3.63, 3.8) is 0 Å². The first-order valence-corrected chi connectivity index (χ1v) is 15.2. The van der Waals surface area contributed by atoms with Crippen LogP contribution in [0.25, 0.3) is 27.3 Å². The molecular formula is C31H32N8O2S. The number of benzene rings is 1. The summed E-state index contributed by atoms with van der Waals surface area (Å²) in [6, 6.07) is 12.5. The quantitative estimate of drug-likeness (QED) is 0.244. The van der Waals surface area contributed by atoms with Gasteiger partial charge in [-0.1, -0.05) is 0 Å². The van der Waals surface area contributed by atoms with Gasteiger partial charge in [0.25, 0.3) is 5.56 Å². The minimum Gasteiger partial charge on any atom is -0.381 e. The Balaban J connectivity index is 1.23. The van der Waals surface area contributed by atoms with Gasteiger partial charge in [-0.05, 0) is 74.7 Å². The number of ether oxygens (including phenoxy) is 1. The summed E-state index contributed by atoms with van der Waals surface area (Å²) in [5.41, 5.74) is 5.64. The third kappa shape index (κ3) is 5.38. The van der Waals surface area contributed by atoms with E-state index < -0.39 is 0 Å². The fourth-order valence-electron chi connectivity index (χ4n) is 5.72. The maximum Gasteiger partial charge on any atom is 0.266 e. The van der Waals surface area contributed by atoms with E-state index in [9.17, 15) is 4.79 Å². The molecule has 2 saturated heterocycles. The highest BCUT2D eigenvalue weighted by molar-refractivity contribution is 7.12. The van der Waals surface area contributed by atoms with E-state index >= 15 is 0 Å². The van der Waals surface area contributed by atoms with Crippen LogP contribution in [-0.2, 0) is 4.74 Å². The molecule has 10 nitrogen and oxygen atoms in total. The van der Waals surface area contributed by atoms with Crippen LogP contribution in [-0.4, -0.2) is 56.8 Å². The average Bonchev–Trinajstić information content (AvgIpc) is 3.74. The van der Waals surface area contributed by atoms with E-state index in [1.165, 1.54) is 11.3 Å². The molecule has 11 heteroatoms. The van der Waals surface area contributed by atoms with Crippen molar-refractivity contribution in [2.45, 2.75) is 38.1 Å². The van der Waals surface area contributed by atoms with Crippen LogP contribution in [0.1, 0.15) is 36.4 Å². The zero-order chi connectivity index (χ0) is 28.5. The molecule has 0 aliphatic carbocycles. The van der Waals surface area contributed by atoms with Gasteiger partial charge < -0.3 is 20.7 Å². The lowest BCUT2D eigenvalue weighted by Crippen LogP contribution is -2.22. The Labute approximate surface area is 247 Å². The van der Waals surface area contributed by atoms with E-state index in [2.05, 4.69) is 32.0 Å². The van der Waals surface area contributed by atoms with Gasteiger partial charge in [0.1, 0.15) is 0 Å². The molecule has 1 aromatic carbocycles. The zero-order valence-electron chi connectivity index (χ0n) is 23.3. The summed E-state index contributed by atoms with van der Waals surface area (Å²) in [5.74, 6) is 0.783. The summed E-state index contributed by atoms with van der Waals surface area (Å²) in [6.07, 6.45) is 8.31. The Morgan fingerprint density at radius 3 is 2.57 bits per heavy atom. The third-order valence-corrected chi connectivity index (χ3v) is 8.74. The molecule has 2 aliphatic heterocycles. The van der Waals surface area contributed by atoms with Gasteiger partial charge in [0.05, 0.1) is 5.56 Å². The minimum absolute atomic E-state index is 0.192. The second kappa shape index (κ2) is 11.6. The first kappa shape index (κ1) is 26.7. The lowest BCUT2D eigenvalue weighted by atomic mass is 9.93. The van der Waals surface area contributed by atoms with E-state index in [1.807, 2.05) is 48.8 Å². The molecule has 1 unspecified atom stereocenters. The summed E-state index contributed by atoms with van der Waals surface area (Å²) in [6.45, 7) is 5.57. The number of thiazole rings is 1. The smallest absolute Gasteiger partial charge is 0.266 e. The molecule has 42 heavy (non-hydrogen) atoms. The van der Waals surface area contributed by atoms with E-state index in [-0.39, 0.29) is 5.56 Å². The van der Waals surface area contributed by atoms with Gasteiger partial charge in [0, 0.05) is 83.7 Å². The number of nitrogens with zero attached hydrogens (tertiary/aromatic N) is 5. The van der Waals surface area contributed by atoms with Crippen molar-refractivity contribution < 1.29 is 4.74 Å².